The van der Waals surface area contributed by atoms with Gasteiger partial charge in [-0.3, -0.25) is 9.52 Å². The molecule has 0 aliphatic rings. The van der Waals surface area contributed by atoms with Gasteiger partial charge in [0.1, 0.15) is 0 Å². The van der Waals surface area contributed by atoms with Crippen molar-refractivity contribution in [2.24, 2.45) is 0 Å². The number of benzene rings is 3. The first kappa shape index (κ1) is 19.1. The van der Waals surface area contributed by atoms with E-state index in [0.717, 1.165) is 27.8 Å². The number of amides is 1. The second-order valence-electron chi connectivity index (χ2n) is 6.31. The first-order chi connectivity index (χ1) is 14.0. The molecule has 0 aliphatic carbocycles. The van der Waals surface area contributed by atoms with E-state index in [4.69, 9.17) is 0 Å². The van der Waals surface area contributed by atoms with Gasteiger partial charge in [0.2, 0.25) is 5.91 Å². The van der Waals surface area contributed by atoms with Crippen molar-refractivity contribution < 1.29 is 13.2 Å². The molecule has 1 aromatic heterocycles. The fourth-order valence-corrected chi connectivity index (χ4v) is 4.89. The number of carbonyl (C=O) groups is 1. The summed E-state index contributed by atoms with van der Waals surface area (Å²) >= 11 is 1.14. The molecule has 1 amide bonds. The Morgan fingerprint density at radius 2 is 1.66 bits per heavy atom. The zero-order valence-corrected chi connectivity index (χ0v) is 16.8. The average Bonchev–Trinajstić information content (AvgIpc) is 3.15. The molecule has 146 valence electrons. The number of rotatable bonds is 6. The number of anilines is 2. The minimum atomic E-state index is -3.70. The Hall–Kier alpha value is -3.23. The molecule has 6 nitrogen and oxygen atoms in total. The topological polar surface area (TPSA) is 88.2 Å². The lowest BCUT2D eigenvalue weighted by Crippen LogP contribution is -2.15. The minimum absolute atomic E-state index is 0.0484. The van der Waals surface area contributed by atoms with Gasteiger partial charge in [-0.1, -0.05) is 54.6 Å². The predicted molar refractivity (Wildman–Crippen MR) is 116 cm³/mol. The first-order valence-corrected chi connectivity index (χ1v) is 11.2. The summed E-state index contributed by atoms with van der Waals surface area (Å²) in [5, 5.41) is 6.79. The monoisotopic (exact) mass is 423 g/mol. The molecule has 0 aliphatic heterocycles. The van der Waals surface area contributed by atoms with E-state index in [9.17, 15) is 13.2 Å². The Bertz CT molecular complexity index is 1260. The standard InChI is InChI=1S/C21H17N3O3S2/c25-20(23-19-12-6-8-15-7-4-5-11-18(15)19)13-16-14-28-21(22-16)24-29(26,27)17-9-2-1-3-10-17/h1-12,14H,13H2,(H,22,24)(H,23,25). The summed E-state index contributed by atoms with van der Waals surface area (Å²) in [6.45, 7) is 0. The Morgan fingerprint density at radius 3 is 2.48 bits per heavy atom. The number of fused-ring (bicyclic) bond motifs is 1. The van der Waals surface area contributed by atoms with Crippen LogP contribution in [0, 0.1) is 0 Å². The van der Waals surface area contributed by atoms with Crippen LogP contribution >= 0.6 is 11.3 Å². The lowest BCUT2D eigenvalue weighted by Gasteiger charge is -2.08. The Labute approximate surface area is 172 Å². The number of nitrogens with one attached hydrogen (secondary N) is 2. The van der Waals surface area contributed by atoms with Crippen LogP contribution in [0.2, 0.25) is 0 Å². The molecule has 3 aromatic carbocycles. The third-order valence-electron chi connectivity index (χ3n) is 4.23. The van der Waals surface area contributed by atoms with E-state index in [2.05, 4.69) is 15.0 Å². The maximum atomic E-state index is 12.5. The molecule has 8 heteroatoms. The zero-order valence-electron chi connectivity index (χ0n) is 15.2. The van der Waals surface area contributed by atoms with Crippen LogP contribution in [0.1, 0.15) is 5.69 Å². The molecule has 0 bridgehead atoms. The molecule has 0 atom stereocenters. The summed E-state index contributed by atoms with van der Waals surface area (Å²) in [5.74, 6) is -0.218. The number of carbonyl (C=O) groups excluding carboxylic acids is 1. The van der Waals surface area contributed by atoms with Gasteiger partial charge in [-0.25, -0.2) is 13.4 Å². The maximum Gasteiger partial charge on any atom is 0.263 e. The van der Waals surface area contributed by atoms with Gasteiger partial charge in [-0.05, 0) is 23.6 Å². The summed E-state index contributed by atoms with van der Waals surface area (Å²) in [6, 6.07) is 21.6. The number of hydrogen-bond acceptors (Lipinski definition) is 5. The smallest absolute Gasteiger partial charge is 0.263 e. The Morgan fingerprint density at radius 1 is 0.931 bits per heavy atom. The molecule has 4 aromatic rings. The van der Waals surface area contributed by atoms with Crippen LogP contribution in [0.5, 0.6) is 0 Å². The third kappa shape index (κ3) is 4.44. The van der Waals surface area contributed by atoms with Gasteiger partial charge in [0.05, 0.1) is 17.0 Å². The summed E-state index contributed by atoms with van der Waals surface area (Å²) in [5.41, 5.74) is 1.23. The molecule has 0 fully saturated rings. The van der Waals surface area contributed by atoms with Crippen molar-refractivity contribution in [3.05, 3.63) is 83.9 Å². The van der Waals surface area contributed by atoms with Crippen molar-refractivity contribution in [1.82, 2.24) is 4.98 Å². The zero-order chi connectivity index (χ0) is 20.3. The van der Waals surface area contributed by atoms with E-state index in [1.54, 1.807) is 23.6 Å². The molecular formula is C21H17N3O3S2. The van der Waals surface area contributed by atoms with Crippen molar-refractivity contribution >= 4 is 48.9 Å². The SMILES string of the molecule is O=C(Cc1csc(NS(=O)(=O)c2ccccc2)n1)Nc1cccc2ccccc12. The Kier molecular flexibility index (Phi) is 5.28. The fourth-order valence-electron chi connectivity index (χ4n) is 2.90. The first-order valence-electron chi connectivity index (χ1n) is 8.81. The highest BCUT2D eigenvalue weighted by Crippen LogP contribution is 2.24. The van der Waals surface area contributed by atoms with Crippen LogP contribution < -0.4 is 10.0 Å². The second kappa shape index (κ2) is 8.02. The van der Waals surface area contributed by atoms with Gasteiger partial charge in [0.25, 0.3) is 10.0 Å². The molecule has 29 heavy (non-hydrogen) atoms. The minimum Gasteiger partial charge on any atom is -0.325 e. The highest BCUT2D eigenvalue weighted by molar-refractivity contribution is 7.93. The molecule has 0 radical (unpaired) electrons. The van der Waals surface area contributed by atoms with Gasteiger partial charge >= 0.3 is 0 Å². The van der Waals surface area contributed by atoms with Gasteiger partial charge < -0.3 is 5.32 Å². The largest absolute Gasteiger partial charge is 0.325 e. The van der Waals surface area contributed by atoms with Crippen LogP contribution in [-0.4, -0.2) is 19.3 Å². The predicted octanol–water partition coefficient (Wildman–Crippen LogP) is 4.28. The summed E-state index contributed by atoms with van der Waals surface area (Å²) in [6.07, 6.45) is 0.0484. The molecule has 4 rings (SSSR count). The highest BCUT2D eigenvalue weighted by atomic mass is 32.2. The van der Waals surface area contributed by atoms with Gasteiger partial charge in [-0.15, -0.1) is 11.3 Å². The Balaban J connectivity index is 1.44. The van der Waals surface area contributed by atoms with Crippen LogP contribution in [0.4, 0.5) is 10.8 Å². The van der Waals surface area contributed by atoms with E-state index in [-0.39, 0.29) is 22.4 Å². The number of sulfonamides is 1. The molecule has 0 unspecified atom stereocenters. The van der Waals surface area contributed by atoms with Crippen LogP contribution in [0.15, 0.2) is 83.1 Å². The summed E-state index contributed by atoms with van der Waals surface area (Å²) < 4.78 is 27.2. The number of nitrogens with zero attached hydrogens (tertiary/aromatic N) is 1. The van der Waals surface area contributed by atoms with Crippen molar-refractivity contribution in [3.8, 4) is 0 Å². The fraction of sp³-hybridized carbons (Fsp3) is 0.0476. The second-order valence-corrected chi connectivity index (χ2v) is 8.85. The van der Waals surface area contributed by atoms with Crippen LogP contribution in [0.25, 0.3) is 10.8 Å². The van der Waals surface area contributed by atoms with Gasteiger partial charge in [-0.2, -0.15) is 0 Å². The third-order valence-corrected chi connectivity index (χ3v) is 6.52. The average molecular weight is 424 g/mol. The van der Waals surface area contributed by atoms with Crippen molar-refractivity contribution in [1.29, 1.82) is 0 Å². The summed E-state index contributed by atoms with van der Waals surface area (Å²) in [4.78, 5) is 16.8. The van der Waals surface area contributed by atoms with Crippen LogP contribution in [0.3, 0.4) is 0 Å². The number of hydrogen-bond donors (Lipinski definition) is 2. The molecule has 0 spiro atoms. The number of thiazole rings is 1. The molecular weight excluding hydrogens is 406 g/mol. The molecule has 0 saturated carbocycles. The molecule has 0 saturated heterocycles. The van der Waals surface area contributed by atoms with Crippen molar-refractivity contribution in [2.45, 2.75) is 11.3 Å². The van der Waals surface area contributed by atoms with E-state index in [0.29, 0.717) is 5.69 Å². The van der Waals surface area contributed by atoms with E-state index >= 15 is 0 Å². The van der Waals surface area contributed by atoms with Gasteiger partial charge in [0, 0.05) is 16.5 Å². The van der Waals surface area contributed by atoms with E-state index in [1.807, 2.05) is 42.5 Å². The maximum absolute atomic E-state index is 12.5. The van der Waals surface area contributed by atoms with Crippen molar-refractivity contribution in [3.63, 3.8) is 0 Å². The quantitative estimate of drug-likeness (QED) is 0.485. The highest BCUT2D eigenvalue weighted by Gasteiger charge is 2.16. The lowest BCUT2D eigenvalue weighted by molar-refractivity contribution is -0.115. The van der Waals surface area contributed by atoms with Gasteiger partial charge in [0.15, 0.2) is 5.13 Å². The number of aromatic nitrogens is 1. The molecule has 1 heterocycles. The van der Waals surface area contributed by atoms with E-state index in [1.165, 1.54) is 12.1 Å². The normalized spacial score (nSPS) is 11.3. The van der Waals surface area contributed by atoms with Crippen molar-refractivity contribution in [2.75, 3.05) is 10.0 Å². The van der Waals surface area contributed by atoms with E-state index < -0.39 is 10.0 Å². The molecule has 2 N–H and O–H groups in total. The summed E-state index contributed by atoms with van der Waals surface area (Å²) in [7, 11) is -3.70. The van der Waals surface area contributed by atoms with Crippen LogP contribution in [-0.2, 0) is 21.2 Å². The lowest BCUT2D eigenvalue weighted by atomic mass is 10.1.